The number of benzene rings is 1. The average Bonchev–Trinajstić information content (AvgIpc) is 3.29. The number of hydrogen-bond acceptors (Lipinski definition) is 6. The summed E-state index contributed by atoms with van der Waals surface area (Å²) >= 11 is 1.01. The first-order valence-electron chi connectivity index (χ1n) is 9.98. The molecule has 2 aromatic heterocycles. The predicted molar refractivity (Wildman–Crippen MR) is 122 cm³/mol. The third-order valence-electron chi connectivity index (χ3n) is 4.88. The minimum Gasteiger partial charge on any atom is -0.334 e. The number of imide groups is 1. The summed E-state index contributed by atoms with van der Waals surface area (Å²) in [6.07, 6.45) is 1.71. The van der Waals surface area contributed by atoms with Gasteiger partial charge in [0.1, 0.15) is 0 Å². The summed E-state index contributed by atoms with van der Waals surface area (Å²) < 4.78 is 1.78. The summed E-state index contributed by atoms with van der Waals surface area (Å²) in [4.78, 5) is 41.3. The van der Waals surface area contributed by atoms with Crippen molar-refractivity contribution in [3.05, 3.63) is 71.2 Å². The van der Waals surface area contributed by atoms with Crippen LogP contribution in [0.3, 0.4) is 0 Å². The molecule has 0 atom stereocenters. The lowest BCUT2D eigenvalue weighted by molar-refractivity contribution is -0.125. The van der Waals surface area contributed by atoms with Crippen LogP contribution in [0.15, 0.2) is 48.7 Å². The van der Waals surface area contributed by atoms with Gasteiger partial charge in [-0.25, -0.2) is 14.5 Å². The molecular weight excluding hydrogens is 428 g/mol. The number of aromatic nitrogens is 3. The summed E-state index contributed by atoms with van der Waals surface area (Å²) in [6, 6.07) is 12.4. The normalized spacial score (nSPS) is 13.5. The molecule has 9 nitrogen and oxygen atoms in total. The molecule has 1 aromatic carbocycles. The first-order valence-corrected chi connectivity index (χ1v) is 11.0. The highest BCUT2D eigenvalue weighted by molar-refractivity contribution is 8.14. The molecule has 3 aromatic rings. The zero-order valence-electron chi connectivity index (χ0n) is 17.7. The molecule has 0 radical (unpaired) electrons. The molecule has 3 heterocycles. The van der Waals surface area contributed by atoms with Crippen molar-refractivity contribution in [3.8, 4) is 5.82 Å². The van der Waals surface area contributed by atoms with E-state index in [-0.39, 0.29) is 29.5 Å². The molecule has 10 heteroatoms. The number of anilines is 1. The van der Waals surface area contributed by atoms with Gasteiger partial charge in [-0.05, 0) is 49.2 Å². The molecule has 0 saturated carbocycles. The monoisotopic (exact) mass is 450 g/mol. The van der Waals surface area contributed by atoms with Crippen molar-refractivity contribution in [2.24, 2.45) is 0 Å². The third-order valence-corrected chi connectivity index (χ3v) is 5.74. The maximum atomic E-state index is 12.2. The Morgan fingerprint density at radius 3 is 2.44 bits per heavy atom. The number of rotatable bonds is 6. The van der Waals surface area contributed by atoms with Crippen LogP contribution in [0.1, 0.15) is 22.5 Å². The van der Waals surface area contributed by atoms with Crippen molar-refractivity contribution < 1.29 is 14.4 Å². The van der Waals surface area contributed by atoms with Gasteiger partial charge >= 0.3 is 6.03 Å². The maximum absolute atomic E-state index is 12.2. The van der Waals surface area contributed by atoms with Crippen molar-refractivity contribution in [3.63, 3.8) is 0 Å². The van der Waals surface area contributed by atoms with E-state index in [0.29, 0.717) is 12.2 Å². The van der Waals surface area contributed by atoms with Crippen molar-refractivity contribution >= 4 is 34.6 Å². The van der Waals surface area contributed by atoms with Crippen LogP contribution in [0.25, 0.3) is 5.82 Å². The fourth-order valence-electron chi connectivity index (χ4n) is 3.27. The van der Waals surface area contributed by atoms with E-state index in [2.05, 4.69) is 20.7 Å². The van der Waals surface area contributed by atoms with E-state index in [4.69, 9.17) is 0 Å². The highest BCUT2D eigenvalue weighted by Gasteiger charge is 2.29. The Bertz CT molecular complexity index is 1140. The van der Waals surface area contributed by atoms with Gasteiger partial charge in [0, 0.05) is 24.1 Å². The Kier molecular flexibility index (Phi) is 6.22. The molecule has 32 heavy (non-hydrogen) atoms. The van der Waals surface area contributed by atoms with Gasteiger partial charge in [0.15, 0.2) is 5.82 Å². The summed E-state index contributed by atoms with van der Waals surface area (Å²) in [5, 5.41) is 9.74. The van der Waals surface area contributed by atoms with Gasteiger partial charge in [-0.3, -0.25) is 14.5 Å². The van der Waals surface area contributed by atoms with Gasteiger partial charge in [0.05, 0.1) is 18.0 Å². The zero-order chi connectivity index (χ0) is 22.7. The van der Waals surface area contributed by atoms with Crippen LogP contribution in [0.4, 0.5) is 15.3 Å². The second kappa shape index (κ2) is 9.23. The Labute approximate surface area is 189 Å². The van der Waals surface area contributed by atoms with E-state index in [1.807, 2.05) is 32.0 Å². The van der Waals surface area contributed by atoms with Crippen LogP contribution in [0, 0.1) is 13.8 Å². The largest absolute Gasteiger partial charge is 0.334 e. The number of amides is 4. The minimum absolute atomic E-state index is 0.182. The van der Waals surface area contributed by atoms with Gasteiger partial charge in [-0.15, -0.1) is 0 Å². The third kappa shape index (κ3) is 4.97. The van der Waals surface area contributed by atoms with Crippen LogP contribution >= 0.6 is 11.8 Å². The lowest BCUT2D eigenvalue weighted by Gasteiger charge is -2.13. The van der Waals surface area contributed by atoms with E-state index in [0.717, 1.165) is 40.1 Å². The van der Waals surface area contributed by atoms with Gasteiger partial charge < -0.3 is 10.6 Å². The van der Waals surface area contributed by atoms with Crippen molar-refractivity contribution in [2.45, 2.75) is 26.9 Å². The molecule has 4 amide bonds. The standard InChI is InChI=1S/C22H22N6O3S/c1-14-9-15(2)28(26-14)19-8-5-17(10-23-19)11-24-21(30)25-18-6-3-16(4-7-18)12-27-20(29)13-32-22(27)31/h3-10H,11-13H2,1-2H3,(H2,24,25,30). The van der Waals surface area contributed by atoms with E-state index < -0.39 is 0 Å². The molecule has 1 aliphatic heterocycles. The first kappa shape index (κ1) is 21.6. The van der Waals surface area contributed by atoms with Crippen LogP contribution < -0.4 is 10.6 Å². The summed E-state index contributed by atoms with van der Waals surface area (Å²) in [6.45, 7) is 4.46. The maximum Gasteiger partial charge on any atom is 0.319 e. The van der Waals surface area contributed by atoms with Crippen LogP contribution in [0.2, 0.25) is 0 Å². The summed E-state index contributed by atoms with van der Waals surface area (Å²) in [7, 11) is 0. The minimum atomic E-state index is -0.346. The highest BCUT2D eigenvalue weighted by atomic mass is 32.2. The molecule has 0 bridgehead atoms. The number of nitrogens with one attached hydrogen (secondary N) is 2. The van der Waals surface area contributed by atoms with E-state index >= 15 is 0 Å². The number of thioether (sulfide) groups is 1. The number of pyridine rings is 1. The lowest BCUT2D eigenvalue weighted by Crippen LogP contribution is -2.28. The number of nitrogens with zero attached hydrogens (tertiary/aromatic N) is 4. The van der Waals surface area contributed by atoms with E-state index in [9.17, 15) is 14.4 Å². The molecule has 1 aliphatic rings. The smallest absolute Gasteiger partial charge is 0.319 e. The van der Waals surface area contributed by atoms with Crippen LogP contribution in [0.5, 0.6) is 0 Å². The predicted octanol–water partition coefficient (Wildman–Crippen LogP) is 3.40. The molecule has 1 fully saturated rings. The zero-order valence-corrected chi connectivity index (χ0v) is 18.5. The summed E-state index contributed by atoms with van der Waals surface area (Å²) in [5.74, 6) is 0.734. The van der Waals surface area contributed by atoms with Gasteiger partial charge in [-0.1, -0.05) is 30.0 Å². The number of urea groups is 1. The Balaban J connectivity index is 1.28. The highest BCUT2D eigenvalue weighted by Crippen LogP contribution is 2.22. The molecule has 4 rings (SSSR count). The second-order valence-electron chi connectivity index (χ2n) is 7.40. The topological polar surface area (TPSA) is 109 Å². The molecule has 1 saturated heterocycles. The lowest BCUT2D eigenvalue weighted by atomic mass is 10.2. The molecule has 164 valence electrons. The fourth-order valence-corrected chi connectivity index (χ4v) is 4.00. The molecular formula is C22H22N6O3S. The Hall–Kier alpha value is -3.66. The van der Waals surface area contributed by atoms with Gasteiger partial charge in [0.2, 0.25) is 5.91 Å². The average molecular weight is 451 g/mol. The Morgan fingerprint density at radius 1 is 1.09 bits per heavy atom. The SMILES string of the molecule is Cc1cc(C)n(-c2ccc(CNC(=O)Nc3ccc(CN4C(=O)CSC4=O)cc3)cn2)n1. The molecule has 0 spiro atoms. The fraction of sp³-hybridized carbons (Fsp3) is 0.227. The number of aryl methyl sites for hydroxylation is 2. The number of carbonyl (C=O) groups excluding carboxylic acids is 3. The van der Waals surface area contributed by atoms with Gasteiger partial charge in [0.25, 0.3) is 5.24 Å². The molecule has 2 N–H and O–H groups in total. The van der Waals surface area contributed by atoms with Crippen molar-refractivity contribution in [2.75, 3.05) is 11.1 Å². The van der Waals surface area contributed by atoms with E-state index in [1.165, 1.54) is 4.90 Å². The van der Waals surface area contributed by atoms with Crippen LogP contribution in [-0.2, 0) is 17.9 Å². The number of hydrogen-bond donors (Lipinski definition) is 2. The van der Waals surface area contributed by atoms with Crippen molar-refractivity contribution in [1.82, 2.24) is 25.0 Å². The second-order valence-corrected chi connectivity index (χ2v) is 8.33. The van der Waals surface area contributed by atoms with E-state index in [1.54, 1.807) is 35.1 Å². The number of carbonyl (C=O) groups is 3. The first-order chi connectivity index (χ1) is 15.4. The van der Waals surface area contributed by atoms with Crippen molar-refractivity contribution in [1.29, 1.82) is 0 Å². The van der Waals surface area contributed by atoms with Gasteiger partial charge in [-0.2, -0.15) is 5.10 Å². The quantitative estimate of drug-likeness (QED) is 0.596. The Morgan fingerprint density at radius 2 is 1.84 bits per heavy atom. The molecule has 0 aliphatic carbocycles. The molecule has 0 unspecified atom stereocenters. The summed E-state index contributed by atoms with van der Waals surface area (Å²) in [5.41, 5.74) is 4.21. The van der Waals surface area contributed by atoms with Crippen LogP contribution in [-0.4, -0.2) is 42.6 Å².